The van der Waals surface area contributed by atoms with Gasteiger partial charge in [-0.1, -0.05) is 0 Å². The Labute approximate surface area is 116 Å². The Morgan fingerprint density at radius 3 is 2.47 bits per heavy atom. The zero-order valence-corrected chi connectivity index (χ0v) is 11.2. The number of nitrogens with two attached hydrogens (primary N) is 1. The largest absolute Gasteiger partial charge is 0.398 e. The summed E-state index contributed by atoms with van der Waals surface area (Å²) >= 11 is 3.21. The van der Waals surface area contributed by atoms with E-state index in [4.69, 9.17) is 5.73 Å². The monoisotopic (exact) mass is 326 g/mol. The van der Waals surface area contributed by atoms with Crippen LogP contribution in [0.2, 0.25) is 0 Å². The van der Waals surface area contributed by atoms with Gasteiger partial charge in [0.1, 0.15) is 0 Å². The predicted octanol–water partition coefficient (Wildman–Crippen LogP) is 3.56. The summed E-state index contributed by atoms with van der Waals surface area (Å²) in [6.07, 6.45) is 0. The molecule has 0 aliphatic rings. The summed E-state index contributed by atoms with van der Waals surface area (Å²) < 4.78 is 26.4. The van der Waals surface area contributed by atoms with Crippen molar-refractivity contribution >= 4 is 33.2 Å². The second-order valence-electron chi connectivity index (χ2n) is 3.82. The number of rotatable bonds is 2. The van der Waals surface area contributed by atoms with Gasteiger partial charge in [0.2, 0.25) is 0 Å². The highest BCUT2D eigenvalue weighted by Gasteiger charge is 2.09. The molecule has 2 aromatic rings. The van der Waals surface area contributed by atoms with E-state index in [2.05, 4.69) is 21.2 Å². The normalized spacial score (nSPS) is 10.3. The maximum Gasteiger partial charge on any atom is 0.255 e. The number of nitrogen functional groups attached to an aromatic ring is 1. The molecular weight excluding hydrogens is 318 g/mol. The third-order valence-corrected chi connectivity index (χ3v) is 3.16. The van der Waals surface area contributed by atoms with E-state index < -0.39 is 17.5 Å². The van der Waals surface area contributed by atoms with Crippen LogP contribution in [0, 0.1) is 11.6 Å². The van der Waals surface area contributed by atoms with E-state index in [1.54, 1.807) is 12.1 Å². The lowest BCUT2D eigenvalue weighted by atomic mass is 10.2. The molecule has 0 atom stereocenters. The lowest BCUT2D eigenvalue weighted by Gasteiger charge is -2.07. The summed E-state index contributed by atoms with van der Waals surface area (Å²) in [6, 6.07) is 7.82. The second-order valence-corrected chi connectivity index (χ2v) is 4.67. The smallest absolute Gasteiger partial charge is 0.255 e. The minimum absolute atomic E-state index is 0.172. The first kappa shape index (κ1) is 13.5. The highest BCUT2D eigenvalue weighted by Crippen LogP contribution is 2.21. The molecule has 3 nitrogen and oxygen atoms in total. The van der Waals surface area contributed by atoms with Gasteiger partial charge in [0, 0.05) is 27.5 Å². The van der Waals surface area contributed by atoms with Crippen LogP contribution in [0.1, 0.15) is 10.4 Å². The molecular formula is C13H9BrF2N2O. The summed E-state index contributed by atoms with van der Waals surface area (Å²) in [7, 11) is 0. The number of carbonyl (C=O) groups excluding carboxylic acids is 1. The van der Waals surface area contributed by atoms with Gasteiger partial charge in [-0.25, -0.2) is 8.78 Å². The van der Waals surface area contributed by atoms with Gasteiger partial charge in [-0.15, -0.1) is 0 Å². The molecule has 2 rings (SSSR count). The highest BCUT2D eigenvalue weighted by atomic mass is 79.9. The number of hydrogen-bond donors (Lipinski definition) is 2. The molecule has 0 aromatic heterocycles. The van der Waals surface area contributed by atoms with Crippen molar-refractivity contribution in [3.63, 3.8) is 0 Å². The van der Waals surface area contributed by atoms with Crippen LogP contribution in [0.4, 0.5) is 20.2 Å². The van der Waals surface area contributed by atoms with Crippen LogP contribution in [-0.4, -0.2) is 5.91 Å². The highest BCUT2D eigenvalue weighted by molar-refractivity contribution is 9.10. The topological polar surface area (TPSA) is 55.1 Å². The third-order valence-electron chi connectivity index (χ3n) is 2.44. The summed E-state index contributed by atoms with van der Waals surface area (Å²) in [6.45, 7) is 0. The van der Waals surface area contributed by atoms with Crippen LogP contribution in [0.25, 0.3) is 0 Å². The maximum absolute atomic E-state index is 13.0. The molecule has 19 heavy (non-hydrogen) atoms. The van der Waals surface area contributed by atoms with Gasteiger partial charge in [-0.2, -0.15) is 0 Å². The maximum atomic E-state index is 13.0. The van der Waals surface area contributed by atoms with Crippen molar-refractivity contribution in [1.82, 2.24) is 0 Å². The molecule has 0 aliphatic carbocycles. The van der Waals surface area contributed by atoms with E-state index in [1.165, 1.54) is 12.1 Å². The molecule has 1 amide bonds. The van der Waals surface area contributed by atoms with Crippen LogP contribution in [-0.2, 0) is 0 Å². The summed E-state index contributed by atoms with van der Waals surface area (Å²) in [4.78, 5) is 11.9. The lowest BCUT2D eigenvalue weighted by molar-refractivity contribution is 0.102. The van der Waals surface area contributed by atoms with Crippen molar-refractivity contribution in [2.24, 2.45) is 0 Å². The molecule has 3 N–H and O–H groups in total. The fourth-order valence-electron chi connectivity index (χ4n) is 1.46. The summed E-state index contributed by atoms with van der Waals surface area (Å²) in [5.74, 6) is -2.44. The number of nitrogens with one attached hydrogen (secondary N) is 1. The molecule has 0 spiro atoms. The number of hydrogen-bond acceptors (Lipinski definition) is 2. The standard InChI is InChI=1S/C13H9BrF2N2O/c14-9-3-1-7(5-12(9)17)13(19)18-8-2-4-10(15)11(16)6-8/h1-6H,17H2,(H,18,19). The van der Waals surface area contributed by atoms with Gasteiger partial charge in [0.05, 0.1) is 0 Å². The van der Waals surface area contributed by atoms with Crippen LogP contribution in [0.15, 0.2) is 40.9 Å². The minimum Gasteiger partial charge on any atom is -0.398 e. The van der Waals surface area contributed by atoms with Crippen LogP contribution in [0.3, 0.4) is 0 Å². The van der Waals surface area contributed by atoms with Gasteiger partial charge in [-0.3, -0.25) is 4.79 Å². The van der Waals surface area contributed by atoms with Crippen LogP contribution in [0.5, 0.6) is 0 Å². The Kier molecular flexibility index (Phi) is 3.80. The van der Waals surface area contributed by atoms with Gasteiger partial charge in [0.15, 0.2) is 11.6 Å². The average molecular weight is 327 g/mol. The van der Waals surface area contributed by atoms with Crippen molar-refractivity contribution in [2.45, 2.75) is 0 Å². The SMILES string of the molecule is Nc1cc(C(=O)Nc2ccc(F)c(F)c2)ccc1Br. The molecule has 0 saturated heterocycles. The van der Waals surface area contributed by atoms with Crippen molar-refractivity contribution in [3.8, 4) is 0 Å². The fourth-order valence-corrected chi connectivity index (χ4v) is 1.71. The Morgan fingerprint density at radius 2 is 1.84 bits per heavy atom. The average Bonchev–Trinajstić information content (AvgIpc) is 2.37. The van der Waals surface area contributed by atoms with E-state index in [-0.39, 0.29) is 5.69 Å². The molecule has 98 valence electrons. The molecule has 0 radical (unpaired) electrons. The quantitative estimate of drug-likeness (QED) is 0.829. The van der Waals surface area contributed by atoms with Gasteiger partial charge in [-0.05, 0) is 46.3 Å². The first-order chi connectivity index (χ1) is 8.97. The van der Waals surface area contributed by atoms with Gasteiger partial charge < -0.3 is 11.1 Å². The summed E-state index contributed by atoms with van der Waals surface area (Å²) in [5.41, 5.74) is 6.57. The van der Waals surface area contributed by atoms with E-state index in [9.17, 15) is 13.6 Å². The first-order valence-corrected chi connectivity index (χ1v) is 6.08. The Morgan fingerprint density at radius 1 is 1.11 bits per heavy atom. The third kappa shape index (κ3) is 3.08. The molecule has 0 saturated carbocycles. The number of benzene rings is 2. The second kappa shape index (κ2) is 5.36. The molecule has 0 unspecified atom stereocenters. The number of halogens is 3. The van der Waals surface area contributed by atoms with Crippen LogP contribution < -0.4 is 11.1 Å². The Hall–Kier alpha value is -1.95. The number of carbonyl (C=O) groups is 1. The van der Waals surface area contributed by atoms with E-state index >= 15 is 0 Å². The fraction of sp³-hybridized carbons (Fsp3) is 0. The van der Waals surface area contributed by atoms with E-state index in [0.717, 1.165) is 12.1 Å². The first-order valence-electron chi connectivity index (χ1n) is 5.29. The molecule has 0 bridgehead atoms. The van der Waals surface area contributed by atoms with Crippen LogP contribution >= 0.6 is 15.9 Å². The number of amides is 1. The van der Waals surface area contributed by atoms with Crippen molar-refractivity contribution in [3.05, 3.63) is 58.1 Å². The van der Waals surface area contributed by atoms with E-state index in [1.807, 2.05) is 0 Å². The molecule has 0 heterocycles. The summed E-state index contributed by atoms with van der Waals surface area (Å²) in [5, 5.41) is 2.46. The zero-order valence-electron chi connectivity index (χ0n) is 9.58. The van der Waals surface area contributed by atoms with E-state index in [0.29, 0.717) is 15.7 Å². The Bertz CT molecular complexity index is 647. The lowest BCUT2D eigenvalue weighted by Crippen LogP contribution is -2.12. The molecule has 0 aliphatic heterocycles. The van der Waals surface area contributed by atoms with Gasteiger partial charge >= 0.3 is 0 Å². The van der Waals surface area contributed by atoms with Crippen molar-refractivity contribution < 1.29 is 13.6 Å². The number of anilines is 2. The minimum atomic E-state index is -1.02. The Balaban J connectivity index is 2.20. The zero-order chi connectivity index (χ0) is 14.0. The van der Waals surface area contributed by atoms with Crippen molar-refractivity contribution in [1.29, 1.82) is 0 Å². The molecule has 6 heteroatoms. The molecule has 2 aromatic carbocycles. The van der Waals surface area contributed by atoms with Gasteiger partial charge in [0.25, 0.3) is 5.91 Å². The van der Waals surface area contributed by atoms with Crippen molar-refractivity contribution in [2.75, 3.05) is 11.1 Å². The molecule has 0 fully saturated rings. The predicted molar refractivity (Wildman–Crippen MR) is 72.9 cm³/mol.